The summed E-state index contributed by atoms with van der Waals surface area (Å²) >= 11 is 5.73. The fourth-order valence-electron chi connectivity index (χ4n) is 0.783. The molecule has 2 nitrogen and oxygen atoms in total. The number of aliphatic hydroxyl groups is 1. The van der Waals surface area contributed by atoms with Gasteiger partial charge < -0.3 is 9.84 Å². The molecule has 1 aromatic rings. The highest BCUT2D eigenvalue weighted by atomic mass is 35.5. The van der Waals surface area contributed by atoms with Gasteiger partial charge in [-0.2, -0.15) is 0 Å². The average Bonchev–Trinajstić information content (AvgIpc) is 2.13. The highest BCUT2D eigenvalue weighted by Gasteiger charge is 1.91. The second kappa shape index (κ2) is 5.47. The second-order valence-corrected chi connectivity index (χ2v) is 2.69. The van der Waals surface area contributed by atoms with E-state index in [1.54, 1.807) is 24.3 Å². The van der Waals surface area contributed by atoms with Gasteiger partial charge >= 0.3 is 0 Å². The van der Waals surface area contributed by atoms with Crippen LogP contribution < -0.4 is 4.74 Å². The molecule has 68 valence electrons. The van der Waals surface area contributed by atoms with E-state index in [2.05, 4.69) is 11.8 Å². The fraction of sp³-hybridized carbons (Fsp3) is 0.200. The normalized spacial score (nSPS) is 8.77. The van der Waals surface area contributed by atoms with Crippen LogP contribution in [-0.4, -0.2) is 18.3 Å². The van der Waals surface area contributed by atoms with Crippen molar-refractivity contribution in [1.82, 2.24) is 0 Å². The first-order chi connectivity index (χ1) is 6.33. The summed E-state index contributed by atoms with van der Waals surface area (Å²) in [5.74, 6) is 5.80. The summed E-state index contributed by atoms with van der Waals surface area (Å²) < 4.78 is 5.22. The third-order valence-electron chi connectivity index (χ3n) is 1.31. The smallest absolute Gasteiger partial charge is 0.149 e. The highest BCUT2D eigenvalue weighted by Crippen LogP contribution is 2.16. The van der Waals surface area contributed by atoms with Crippen molar-refractivity contribution in [3.8, 4) is 17.6 Å². The van der Waals surface area contributed by atoms with Gasteiger partial charge in [-0.3, -0.25) is 0 Å². The Morgan fingerprint density at radius 3 is 2.92 bits per heavy atom. The summed E-state index contributed by atoms with van der Waals surface area (Å²) in [5.41, 5.74) is 0. The van der Waals surface area contributed by atoms with Crippen LogP contribution in [-0.2, 0) is 0 Å². The number of hydrogen-bond acceptors (Lipinski definition) is 2. The van der Waals surface area contributed by atoms with Crippen molar-refractivity contribution in [3.05, 3.63) is 29.3 Å². The van der Waals surface area contributed by atoms with Crippen molar-refractivity contribution in [2.45, 2.75) is 0 Å². The van der Waals surface area contributed by atoms with Crippen molar-refractivity contribution in [3.63, 3.8) is 0 Å². The first-order valence-corrected chi connectivity index (χ1v) is 4.15. The number of aliphatic hydroxyl groups excluding tert-OH is 1. The molecule has 0 atom stereocenters. The number of hydrogen-bond donors (Lipinski definition) is 1. The molecule has 0 aliphatic rings. The Morgan fingerprint density at radius 1 is 1.38 bits per heavy atom. The topological polar surface area (TPSA) is 29.5 Å². The average molecular weight is 197 g/mol. The maximum absolute atomic E-state index is 8.36. The van der Waals surface area contributed by atoms with Crippen molar-refractivity contribution in [2.24, 2.45) is 0 Å². The first kappa shape index (κ1) is 9.91. The summed E-state index contributed by atoms with van der Waals surface area (Å²) in [6, 6.07) is 7.08. The molecule has 0 aliphatic heterocycles. The van der Waals surface area contributed by atoms with Gasteiger partial charge in [0.15, 0.2) is 0 Å². The van der Waals surface area contributed by atoms with E-state index in [4.69, 9.17) is 21.4 Å². The molecule has 1 N–H and O–H groups in total. The number of ether oxygens (including phenoxy) is 1. The molecule has 0 fully saturated rings. The lowest BCUT2D eigenvalue weighted by molar-refractivity contribution is 0.347. The van der Waals surface area contributed by atoms with Crippen LogP contribution in [0.1, 0.15) is 0 Å². The van der Waals surface area contributed by atoms with E-state index in [1.807, 2.05) is 0 Å². The zero-order valence-electron chi connectivity index (χ0n) is 6.96. The molecule has 13 heavy (non-hydrogen) atoms. The molecular formula is C10H9ClO2. The Balaban J connectivity index is 2.45. The molecule has 1 rings (SSSR count). The van der Waals surface area contributed by atoms with E-state index in [-0.39, 0.29) is 13.2 Å². The molecule has 0 radical (unpaired) electrons. The van der Waals surface area contributed by atoms with Crippen molar-refractivity contribution < 1.29 is 9.84 Å². The van der Waals surface area contributed by atoms with Gasteiger partial charge in [-0.1, -0.05) is 29.5 Å². The zero-order valence-corrected chi connectivity index (χ0v) is 7.71. The van der Waals surface area contributed by atoms with E-state index in [0.29, 0.717) is 10.8 Å². The van der Waals surface area contributed by atoms with Gasteiger partial charge in [-0.15, -0.1) is 0 Å². The van der Waals surface area contributed by atoms with Gasteiger partial charge in [0.2, 0.25) is 0 Å². The van der Waals surface area contributed by atoms with Crippen LogP contribution in [0.15, 0.2) is 24.3 Å². The van der Waals surface area contributed by atoms with Crippen LogP contribution in [0.2, 0.25) is 5.02 Å². The molecular weight excluding hydrogens is 188 g/mol. The predicted molar refractivity (Wildman–Crippen MR) is 51.8 cm³/mol. The minimum Gasteiger partial charge on any atom is -0.481 e. The van der Waals surface area contributed by atoms with Gasteiger partial charge in [0.05, 0.1) is 0 Å². The van der Waals surface area contributed by atoms with Gasteiger partial charge in [0, 0.05) is 5.02 Å². The van der Waals surface area contributed by atoms with E-state index < -0.39 is 0 Å². The van der Waals surface area contributed by atoms with Gasteiger partial charge in [-0.05, 0) is 18.2 Å². The summed E-state index contributed by atoms with van der Waals surface area (Å²) in [5, 5.41) is 8.99. The monoisotopic (exact) mass is 196 g/mol. The zero-order chi connectivity index (χ0) is 9.52. The van der Waals surface area contributed by atoms with E-state index in [1.165, 1.54) is 0 Å². The number of benzene rings is 1. The fourth-order valence-corrected chi connectivity index (χ4v) is 0.963. The quantitative estimate of drug-likeness (QED) is 0.730. The lowest BCUT2D eigenvalue weighted by atomic mass is 10.3. The van der Waals surface area contributed by atoms with Crippen molar-refractivity contribution >= 4 is 11.6 Å². The van der Waals surface area contributed by atoms with E-state index in [0.717, 1.165) is 0 Å². The van der Waals surface area contributed by atoms with Crippen LogP contribution >= 0.6 is 11.6 Å². The van der Waals surface area contributed by atoms with Crippen LogP contribution in [0.4, 0.5) is 0 Å². The maximum atomic E-state index is 8.36. The highest BCUT2D eigenvalue weighted by molar-refractivity contribution is 6.30. The number of rotatable bonds is 2. The maximum Gasteiger partial charge on any atom is 0.149 e. The molecule has 0 aliphatic carbocycles. The Bertz CT molecular complexity index is 325. The predicted octanol–water partition coefficient (Wildman–Crippen LogP) is 1.71. The summed E-state index contributed by atoms with van der Waals surface area (Å²) in [6.07, 6.45) is 0. The van der Waals surface area contributed by atoms with Gasteiger partial charge in [-0.25, -0.2) is 0 Å². The Morgan fingerprint density at radius 2 is 2.23 bits per heavy atom. The number of halogens is 1. The first-order valence-electron chi connectivity index (χ1n) is 3.78. The minimum atomic E-state index is -0.140. The lowest BCUT2D eigenvalue weighted by Crippen LogP contribution is -1.93. The van der Waals surface area contributed by atoms with Crippen molar-refractivity contribution in [2.75, 3.05) is 13.2 Å². The van der Waals surface area contributed by atoms with Crippen LogP contribution in [0.5, 0.6) is 5.75 Å². The standard InChI is InChI=1S/C10H9ClO2/c11-9-4-3-5-10(8-9)13-7-2-1-6-12/h3-5,8,12H,6-7H2. The molecule has 0 saturated heterocycles. The van der Waals surface area contributed by atoms with Gasteiger partial charge in [0.25, 0.3) is 0 Å². The lowest BCUT2D eigenvalue weighted by Gasteiger charge is -2.00. The van der Waals surface area contributed by atoms with Gasteiger partial charge in [0.1, 0.15) is 19.0 Å². The van der Waals surface area contributed by atoms with Crippen molar-refractivity contribution in [1.29, 1.82) is 0 Å². The summed E-state index contributed by atoms with van der Waals surface area (Å²) in [4.78, 5) is 0. The van der Waals surface area contributed by atoms with E-state index in [9.17, 15) is 0 Å². The molecule has 0 spiro atoms. The third kappa shape index (κ3) is 3.84. The second-order valence-electron chi connectivity index (χ2n) is 2.26. The molecule has 0 unspecified atom stereocenters. The van der Waals surface area contributed by atoms with Crippen LogP contribution in [0.3, 0.4) is 0 Å². The third-order valence-corrected chi connectivity index (χ3v) is 1.55. The minimum absolute atomic E-state index is 0.140. The molecule has 0 amide bonds. The summed E-state index contributed by atoms with van der Waals surface area (Å²) in [7, 11) is 0. The largest absolute Gasteiger partial charge is 0.481 e. The van der Waals surface area contributed by atoms with Crippen LogP contribution in [0, 0.1) is 11.8 Å². The molecule has 0 heterocycles. The molecule has 1 aromatic carbocycles. The SMILES string of the molecule is OCC#CCOc1cccc(Cl)c1. The molecule has 3 heteroatoms. The Kier molecular flexibility index (Phi) is 4.17. The van der Waals surface area contributed by atoms with Crippen LogP contribution in [0.25, 0.3) is 0 Å². The molecule has 0 aromatic heterocycles. The van der Waals surface area contributed by atoms with E-state index >= 15 is 0 Å². The Hall–Kier alpha value is -1.17. The summed E-state index contributed by atoms with van der Waals surface area (Å²) in [6.45, 7) is 0.125. The Labute approximate surface area is 82.1 Å². The molecule has 0 saturated carbocycles. The molecule has 0 bridgehead atoms.